The van der Waals surface area contributed by atoms with Gasteiger partial charge in [0.2, 0.25) is 5.82 Å². The fraction of sp³-hybridized carbons (Fsp3) is 0.0417. The molecule has 0 aliphatic carbocycles. The summed E-state index contributed by atoms with van der Waals surface area (Å²) in [6.07, 6.45) is 1.69. The Kier molecular flexibility index (Phi) is 6.07. The molecular formula is C24H16Cl2N6O2. The molecule has 10 heteroatoms. The zero-order valence-electron chi connectivity index (χ0n) is 17.5. The number of nitrogens with one attached hydrogen (secondary N) is 1. The molecule has 0 aliphatic rings. The van der Waals surface area contributed by atoms with Crippen molar-refractivity contribution in [3.63, 3.8) is 0 Å². The number of nitrogens with zero attached hydrogens (tertiary/aromatic N) is 5. The molecule has 0 bridgehead atoms. The van der Waals surface area contributed by atoms with Gasteiger partial charge in [-0.1, -0.05) is 47.5 Å². The third-order valence-corrected chi connectivity index (χ3v) is 5.68. The number of pyridine rings is 1. The third kappa shape index (κ3) is 4.54. The zero-order chi connectivity index (χ0) is 23.5. The van der Waals surface area contributed by atoms with Crippen LogP contribution in [0.3, 0.4) is 0 Å². The second-order valence-corrected chi connectivity index (χ2v) is 7.98. The number of benzene rings is 2. The number of hydrogen-bond acceptors (Lipinski definition) is 6. The SMILES string of the molecule is O=C(COc1cccc(Cl)c1Cl)Nc1cccc(-c2ccc3nnc(-c4ccccn4)n3n2)c1. The standard InChI is InChI=1S/C24H16Cl2N6O2/c25-17-7-4-9-20(23(17)26)34-14-22(33)28-16-6-3-5-15(13-16)18-10-11-21-29-30-24(32(21)31-18)19-8-1-2-12-27-19/h1-13H,14H2,(H,28,33). The summed E-state index contributed by atoms with van der Waals surface area (Å²) >= 11 is 12.1. The number of anilines is 1. The minimum absolute atomic E-state index is 0.220. The van der Waals surface area contributed by atoms with E-state index in [0.717, 1.165) is 5.56 Å². The minimum Gasteiger partial charge on any atom is -0.482 e. The van der Waals surface area contributed by atoms with Gasteiger partial charge in [-0.2, -0.15) is 9.61 Å². The molecule has 3 aromatic heterocycles. The van der Waals surface area contributed by atoms with Crippen molar-refractivity contribution >= 4 is 40.4 Å². The van der Waals surface area contributed by atoms with Crippen LogP contribution in [0.4, 0.5) is 5.69 Å². The quantitative estimate of drug-likeness (QED) is 0.352. The summed E-state index contributed by atoms with van der Waals surface area (Å²) in [5, 5.41) is 16.5. The van der Waals surface area contributed by atoms with Gasteiger partial charge >= 0.3 is 0 Å². The van der Waals surface area contributed by atoms with Crippen molar-refractivity contribution in [2.45, 2.75) is 0 Å². The van der Waals surface area contributed by atoms with Crippen molar-refractivity contribution in [1.29, 1.82) is 0 Å². The van der Waals surface area contributed by atoms with Crippen LogP contribution in [-0.4, -0.2) is 37.3 Å². The van der Waals surface area contributed by atoms with Crippen LogP contribution < -0.4 is 10.1 Å². The molecule has 168 valence electrons. The lowest BCUT2D eigenvalue weighted by molar-refractivity contribution is -0.118. The molecule has 5 rings (SSSR count). The summed E-state index contributed by atoms with van der Waals surface area (Å²) in [7, 11) is 0. The average molecular weight is 491 g/mol. The summed E-state index contributed by atoms with van der Waals surface area (Å²) in [5.74, 6) is 0.541. The molecule has 0 fully saturated rings. The molecule has 1 N–H and O–H groups in total. The van der Waals surface area contributed by atoms with Crippen LogP contribution in [-0.2, 0) is 4.79 Å². The summed E-state index contributed by atoms with van der Waals surface area (Å²) in [4.78, 5) is 16.7. The Morgan fingerprint density at radius 3 is 2.68 bits per heavy atom. The van der Waals surface area contributed by atoms with Gasteiger partial charge in [-0.05, 0) is 48.5 Å². The van der Waals surface area contributed by atoms with Gasteiger partial charge in [0, 0.05) is 17.4 Å². The van der Waals surface area contributed by atoms with Crippen molar-refractivity contribution in [3.8, 4) is 28.5 Å². The third-order valence-electron chi connectivity index (χ3n) is 4.87. The normalized spacial score (nSPS) is 10.9. The number of fused-ring (bicyclic) bond motifs is 1. The lowest BCUT2D eigenvalue weighted by Gasteiger charge is -2.10. The molecule has 0 atom stereocenters. The van der Waals surface area contributed by atoms with Gasteiger partial charge in [-0.25, -0.2) is 0 Å². The van der Waals surface area contributed by atoms with Gasteiger partial charge in [0.1, 0.15) is 16.5 Å². The number of halogens is 2. The first-order valence-corrected chi connectivity index (χ1v) is 10.9. The van der Waals surface area contributed by atoms with Gasteiger partial charge in [0.15, 0.2) is 12.3 Å². The topological polar surface area (TPSA) is 94.3 Å². The van der Waals surface area contributed by atoms with Crippen molar-refractivity contribution in [2.75, 3.05) is 11.9 Å². The van der Waals surface area contributed by atoms with Crippen LogP contribution in [0.15, 0.2) is 79.0 Å². The van der Waals surface area contributed by atoms with Gasteiger partial charge in [-0.3, -0.25) is 9.78 Å². The number of carbonyl (C=O) groups is 1. The number of ether oxygens (including phenoxy) is 1. The van der Waals surface area contributed by atoms with Gasteiger partial charge in [0.25, 0.3) is 5.91 Å². The molecule has 5 aromatic rings. The van der Waals surface area contributed by atoms with E-state index in [9.17, 15) is 4.79 Å². The molecule has 3 heterocycles. The Labute approximate surface area is 204 Å². The molecule has 0 saturated heterocycles. The largest absolute Gasteiger partial charge is 0.482 e. The molecule has 1 amide bonds. The Hall–Kier alpha value is -4.01. The highest BCUT2D eigenvalue weighted by molar-refractivity contribution is 6.42. The first-order valence-electron chi connectivity index (χ1n) is 10.2. The van der Waals surface area contributed by atoms with Crippen LogP contribution in [0.2, 0.25) is 10.0 Å². The van der Waals surface area contributed by atoms with Crippen molar-refractivity contribution in [1.82, 2.24) is 24.8 Å². The van der Waals surface area contributed by atoms with E-state index in [4.69, 9.17) is 27.9 Å². The van der Waals surface area contributed by atoms with E-state index in [0.29, 0.717) is 39.3 Å². The summed E-state index contributed by atoms with van der Waals surface area (Å²) in [5.41, 5.74) is 3.35. The van der Waals surface area contributed by atoms with Crippen LogP contribution >= 0.6 is 23.2 Å². The smallest absolute Gasteiger partial charge is 0.262 e. The van der Waals surface area contributed by atoms with E-state index in [1.165, 1.54) is 0 Å². The van der Waals surface area contributed by atoms with E-state index in [-0.39, 0.29) is 17.5 Å². The van der Waals surface area contributed by atoms with E-state index in [2.05, 4.69) is 25.6 Å². The number of rotatable bonds is 6. The molecule has 34 heavy (non-hydrogen) atoms. The number of amides is 1. The van der Waals surface area contributed by atoms with Crippen molar-refractivity contribution in [2.24, 2.45) is 0 Å². The maximum Gasteiger partial charge on any atom is 0.262 e. The van der Waals surface area contributed by atoms with Crippen LogP contribution in [0.25, 0.3) is 28.4 Å². The minimum atomic E-state index is -0.340. The monoisotopic (exact) mass is 490 g/mol. The summed E-state index contributed by atoms with van der Waals surface area (Å²) in [6, 6.07) is 21.6. The zero-order valence-corrected chi connectivity index (χ0v) is 19.0. The highest BCUT2D eigenvalue weighted by Crippen LogP contribution is 2.31. The van der Waals surface area contributed by atoms with Gasteiger partial charge in [0.05, 0.1) is 10.7 Å². The second kappa shape index (κ2) is 9.46. The molecule has 8 nitrogen and oxygen atoms in total. The number of aromatic nitrogens is 5. The lowest BCUT2D eigenvalue weighted by Crippen LogP contribution is -2.20. The summed E-state index contributed by atoms with van der Waals surface area (Å²) in [6.45, 7) is -0.220. The highest BCUT2D eigenvalue weighted by Gasteiger charge is 2.13. The Bertz CT molecular complexity index is 1490. The average Bonchev–Trinajstić information content (AvgIpc) is 3.29. The first kappa shape index (κ1) is 21.8. The van der Waals surface area contributed by atoms with E-state index in [1.54, 1.807) is 35.0 Å². The molecule has 0 spiro atoms. The molecular weight excluding hydrogens is 475 g/mol. The highest BCUT2D eigenvalue weighted by atomic mass is 35.5. The fourth-order valence-electron chi connectivity index (χ4n) is 3.29. The van der Waals surface area contributed by atoms with Crippen LogP contribution in [0.1, 0.15) is 0 Å². The fourth-order valence-corrected chi connectivity index (χ4v) is 3.64. The maximum absolute atomic E-state index is 12.4. The molecule has 0 radical (unpaired) electrons. The van der Waals surface area contributed by atoms with Crippen LogP contribution in [0, 0.1) is 0 Å². The predicted molar refractivity (Wildman–Crippen MR) is 130 cm³/mol. The van der Waals surface area contributed by atoms with E-state index >= 15 is 0 Å². The lowest BCUT2D eigenvalue weighted by atomic mass is 10.1. The Morgan fingerprint density at radius 1 is 0.941 bits per heavy atom. The van der Waals surface area contributed by atoms with Crippen molar-refractivity contribution in [3.05, 3.63) is 89.0 Å². The maximum atomic E-state index is 12.4. The summed E-state index contributed by atoms with van der Waals surface area (Å²) < 4.78 is 7.14. The van der Waals surface area contributed by atoms with Gasteiger partial charge in [-0.15, -0.1) is 10.2 Å². The van der Waals surface area contributed by atoms with E-state index < -0.39 is 0 Å². The van der Waals surface area contributed by atoms with Crippen molar-refractivity contribution < 1.29 is 9.53 Å². The first-order chi connectivity index (χ1) is 16.6. The molecule has 0 aliphatic heterocycles. The Morgan fingerprint density at radius 2 is 1.82 bits per heavy atom. The molecule has 2 aromatic carbocycles. The molecule has 0 unspecified atom stereocenters. The predicted octanol–water partition coefficient (Wildman–Crippen LogP) is 5.18. The van der Waals surface area contributed by atoms with E-state index in [1.807, 2.05) is 48.5 Å². The van der Waals surface area contributed by atoms with Gasteiger partial charge < -0.3 is 10.1 Å². The van der Waals surface area contributed by atoms with Crippen LogP contribution in [0.5, 0.6) is 5.75 Å². The number of carbonyl (C=O) groups excluding carboxylic acids is 1. The Balaban J connectivity index is 1.34. The number of hydrogen-bond donors (Lipinski definition) is 1. The molecule has 0 saturated carbocycles. The second-order valence-electron chi connectivity index (χ2n) is 7.20.